The average Bonchev–Trinajstić information content (AvgIpc) is 3.24. The molecule has 2 saturated heterocycles. The standard InChI is InChI=1S/C18H21ClN2O4S/c1-11-8-12(19)2-3-13(11)17(5-6-17)16(23)21-9-18(10-21)14(15(20)22)4-7-26(18,24)25/h2-3,8,14H,4-7,9-10H2,1H3,(H2,20,22). The lowest BCUT2D eigenvalue weighted by molar-refractivity contribution is -0.142. The van der Waals surface area contributed by atoms with E-state index in [0.717, 1.165) is 24.0 Å². The van der Waals surface area contributed by atoms with Gasteiger partial charge in [0.05, 0.1) is 17.1 Å². The van der Waals surface area contributed by atoms with Gasteiger partial charge in [0.1, 0.15) is 4.75 Å². The molecular weight excluding hydrogens is 376 g/mol. The summed E-state index contributed by atoms with van der Waals surface area (Å²) in [5.41, 5.74) is 6.76. The van der Waals surface area contributed by atoms with Crippen LogP contribution in [0.3, 0.4) is 0 Å². The summed E-state index contributed by atoms with van der Waals surface area (Å²) < 4.78 is 23.8. The zero-order chi connectivity index (χ0) is 18.9. The van der Waals surface area contributed by atoms with Crippen LogP contribution in [-0.2, 0) is 24.8 Å². The lowest BCUT2D eigenvalue weighted by Crippen LogP contribution is -2.70. The Balaban J connectivity index is 1.59. The highest BCUT2D eigenvalue weighted by Crippen LogP contribution is 2.53. The molecule has 3 fully saturated rings. The predicted octanol–water partition coefficient (Wildman–Crippen LogP) is 1.18. The molecule has 140 valence electrons. The van der Waals surface area contributed by atoms with Crippen molar-refractivity contribution in [3.63, 3.8) is 0 Å². The van der Waals surface area contributed by atoms with Crippen LogP contribution >= 0.6 is 11.6 Å². The van der Waals surface area contributed by atoms with E-state index >= 15 is 0 Å². The number of halogens is 1. The molecule has 1 aromatic rings. The molecule has 1 saturated carbocycles. The van der Waals surface area contributed by atoms with Gasteiger partial charge in [-0.2, -0.15) is 0 Å². The van der Waals surface area contributed by atoms with Crippen LogP contribution in [0.1, 0.15) is 30.4 Å². The van der Waals surface area contributed by atoms with Gasteiger partial charge in [0, 0.05) is 18.1 Å². The van der Waals surface area contributed by atoms with Crippen molar-refractivity contribution in [2.75, 3.05) is 18.8 Å². The van der Waals surface area contributed by atoms with Gasteiger partial charge in [-0.05, 0) is 49.4 Å². The topological polar surface area (TPSA) is 97.5 Å². The van der Waals surface area contributed by atoms with Crippen molar-refractivity contribution in [3.8, 4) is 0 Å². The first-order valence-electron chi connectivity index (χ1n) is 8.71. The molecular formula is C18H21ClN2O4S. The van der Waals surface area contributed by atoms with E-state index in [1.54, 1.807) is 11.0 Å². The SMILES string of the molecule is Cc1cc(Cl)ccc1C1(C(=O)N2CC3(C2)C(C(N)=O)CCS3(=O)=O)CC1. The van der Waals surface area contributed by atoms with E-state index in [1.165, 1.54) is 0 Å². The molecule has 1 unspecified atom stereocenters. The van der Waals surface area contributed by atoms with Gasteiger partial charge in [-0.3, -0.25) is 9.59 Å². The van der Waals surface area contributed by atoms with Gasteiger partial charge in [0.25, 0.3) is 0 Å². The molecule has 2 N–H and O–H groups in total. The second kappa shape index (κ2) is 5.45. The van der Waals surface area contributed by atoms with Crippen LogP contribution in [0.5, 0.6) is 0 Å². The summed E-state index contributed by atoms with van der Waals surface area (Å²) in [5.74, 6) is -1.39. The first-order valence-corrected chi connectivity index (χ1v) is 10.7. The fourth-order valence-electron chi connectivity index (χ4n) is 4.71. The van der Waals surface area contributed by atoms with Crippen molar-refractivity contribution in [1.29, 1.82) is 0 Å². The molecule has 3 aliphatic rings. The Bertz CT molecular complexity index is 917. The van der Waals surface area contributed by atoms with Gasteiger partial charge in [-0.25, -0.2) is 8.42 Å². The Morgan fingerprint density at radius 1 is 1.27 bits per heavy atom. The van der Waals surface area contributed by atoms with Gasteiger partial charge in [-0.15, -0.1) is 0 Å². The molecule has 26 heavy (non-hydrogen) atoms. The number of rotatable bonds is 3. The van der Waals surface area contributed by atoms with Crippen LogP contribution in [-0.4, -0.2) is 48.7 Å². The van der Waals surface area contributed by atoms with Gasteiger partial charge in [-0.1, -0.05) is 17.7 Å². The third kappa shape index (κ3) is 2.26. The molecule has 8 heteroatoms. The Morgan fingerprint density at radius 2 is 1.92 bits per heavy atom. The summed E-state index contributed by atoms with van der Waals surface area (Å²) in [6.07, 6.45) is 1.73. The van der Waals surface area contributed by atoms with E-state index in [9.17, 15) is 18.0 Å². The number of nitrogens with zero attached hydrogens (tertiary/aromatic N) is 1. The van der Waals surface area contributed by atoms with E-state index in [1.807, 2.05) is 19.1 Å². The van der Waals surface area contributed by atoms with Gasteiger partial charge < -0.3 is 10.6 Å². The van der Waals surface area contributed by atoms with Crippen LogP contribution in [0, 0.1) is 12.8 Å². The summed E-state index contributed by atoms with van der Waals surface area (Å²) in [4.78, 5) is 26.5. The molecule has 6 nitrogen and oxygen atoms in total. The molecule has 0 radical (unpaired) electrons. The van der Waals surface area contributed by atoms with Crippen molar-refractivity contribution >= 4 is 33.3 Å². The Kier molecular flexibility index (Phi) is 3.73. The number of aryl methyl sites for hydroxylation is 1. The Morgan fingerprint density at radius 3 is 2.46 bits per heavy atom. The molecule has 2 amide bonds. The lowest BCUT2D eigenvalue weighted by Gasteiger charge is -2.50. The fourth-order valence-corrected chi connectivity index (χ4v) is 7.26. The number of likely N-dealkylation sites (tertiary alicyclic amines) is 1. The molecule has 1 aliphatic carbocycles. The normalized spacial score (nSPS) is 27.2. The van der Waals surface area contributed by atoms with Gasteiger partial charge >= 0.3 is 0 Å². The molecule has 1 spiro atoms. The summed E-state index contributed by atoms with van der Waals surface area (Å²) in [7, 11) is -3.43. The number of amides is 2. The second-order valence-electron chi connectivity index (χ2n) is 7.83. The van der Waals surface area contributed by atoms with Crippen LogP contribution in [0.2, 0.25) is 5.02 Å². The summed E-state index contributed by atoms with van der Waals surface area (Å²) in [6, 6.07) is 5.50. The minimum absolute atomic E-state index is 0.0376. The summed E-state index contributed by atoms with van der Waals surface area (Å²) >= 11 is 6.02. The molecule has 0 aromatic heterocycles. The predicted molar refractivity (Wildman–Crippen MR) is 97.5 cm³/mol. The number of carbonyl (C=O) groups excluding carboxylic acids is 2. The Hall–Kier alpha value is -1.60. The van der Waals surface area contributed by atoms with Crippen molar-refractivity contribution in [1.82, 2.24) is 4.90 Å². The van der Waals surface area contributed by atoms with Crippen molar-refractivity contribution in [3.05, 3.63) is 34.3 Å². The van der Waals surface area contributed by atoms with E-state index in [2.05, 4.69) is 0 Å². The molecule has 2 heterocycles. The van der Waals surface area contributed by atoms with Crippen LogP contribution in [0.25, 0.3) is 0 Å². The van der Waals surface area contributed by atoms with E-state index in [0.29, 0.717) is 5.02 Å². The summed E-state index contributed by atoms with van der Waals surface area (Å²) in [5, 5.41) is 0.624. The van der Waals surface area contributed by atoms with Crippen LogP contribution in [0.4, 0.5) is 0 Å². The highest BCUT2D eigenvalue weighted by atomic mass is 35.5. The van der Waals surface area contributed by atoms with E-state index < -0.39 is 31.8 Å². The third-order valence-corrected chi connectivity index (χ3v) is 9.13. The summed E-state index contributed by atoms with van der Waals surface area (Å²) in [6.45, 7) is 2.06. The van der Waals surface area contributed by atoms with Crippen molar-refractivity contribution < 1.29 is 18.0 Å². The fraction of sp³-hybridized carbons (Fsp3) is 0.556. The highest BCUT2D eigenvalue weighted by Gasteiger charge is 2.66. The first-order chi connectivity index (χ1) is 12.1. The largest absolute Gasteiger partial charge is 0.369 e. The molecule has 2 aliphatic heterocycles. The first kappa shape index (κ1) is 17.8. The maximum Gasteiger partial charge on any atom is 0.233 e. The zero-order valence-corrected chi connectivity index (χ0v) is 16.1. The lowest BCUT2D eigenvalue weighted by atomic mass is 9.81. The number of sulfone groups is 1. The molecule has 1 atom stereocenters. The highest BCUT2D eigenvalue weighted by molar-refractivity contribution is 7.93. The van der Waals surface area contributed by atoms with Crippen LogP contribution in [0.15, 0.2) is 18.2 Å². The van der Waals surface area contributed by atoms with Crippen molar-refractivity contribution in [2.24, 2.45) is 11.7 Å². The van der Waals surface area contributed by atoms with E-state index in [-0.39, 0.29) is 31.2 Å². The van der Waals surface area contributed by atoms with Crippen molar-refractivity contribution in [2.45, 2.75) is 36.3 Å². The maximum absolute atomic E-state index is 13.2. The monoisotopic (exact) mass is 396 g/mol. The van der Waals surface area contributed by atoms with E-state index in [4.69, 9.17) is 17.3 Å². The second-order valence-corrected chi connectivity index (χ2v) is 10.7. The van der Waals surface area contributed by atoms with Gasteiger partial charge in [0.2, 0.25) is 11.8 Å². The maximum atomic E-state index is 13.2. The van der Waals surface area contributed by atoms with Gasteiger partial charge in [0.15, 0.2) is 9.84 Å². The number of hydrogen-bond acceptors (Lipinski definition) is 4. The minimum atomic E-state index is -3.43. The molecule has 0 bridgehead atoms. The quantitative estimate of drug-likeness (QED) is 0.829. The molecule has 4 rings (SSSR count). The molecule has 1 aromatic carbocycles. The average molecular weight is 397 g/mol. The smallest absolute Gasteiger partial charge is 0.233 e. The Labute approximate surface area is 157 Å². The number of benzene rings is 1. The number of carbonyl (C=O) groups is 2. The number of primary amides is 1. The third-order valence-electron chi connectivity index (χ3n) is 6.34. The number of hydrogen-bond donors (Lipinski definition) is 1. The number of nitrogens with two attached hydrogens (primary N) is 1. The zero-order valence-electron chi connectivity index (χ0n) is 14.5. The van der Waals surface area contributed by atoms with Crippen LogP contribution < -0.4 is 5.73 Å². The minimum Gasteiger partial charge on any atom is -0.369 e.